The Balaban J connectivity index is 1.72. The standard InChI is InChI=1S/C16H28N4OS/c1-4-17-16(18-8-5-9-21-11-14-6-7-14)20(3)10-15-12-22-13(2)19-15/h12,14H,4-11H2,1-3H3,(H,17,18). The Morgan fingerprint density at radius 3 is 3.00 bits per heavy atom. The zero-order chi connectivity index (χ0) is 15.8. The highest BCUT2D eigenvalue weighted by Gasteiger charge is 2.20. The van der Waals surface area contributed by atoms with E-state index in [1.165, 1.54) is 12.8 Å². The van der Waals surface area contributed by atoms with Gasteiger partial charge in [-0.2, -0.15) is 0 Å². The number of aromatic nitrogens is 1. The van der Waals surface area contributed by atoms with E-state index < -0.39 is 0 Å². The molecule has 1 aromatic rings. The zero-order valence-electron chi connectivity index (χ0n) is 14.0. The van der Waals surface area contributed by atoms with E-state index in [1.807, 2.05) is 6.92 Å². The van der Waals surface area contributed by atoms with Crippen LogP contribution in [0.25, 0.3) is 0 Å². The van der Waals surface area contributed by atoms with E-state index in [1.54, 1.807) is 11.3 Å². The highest BCUT2D eigenvalue weighted by Crippen LogP contribution is 2.28. The maximum Gasteiger partial charge on any atom is 0.194 e. The Hall–Kier alpha value is -1.14. The molecule has 0 saturated heterocycles. The molecular formula is C16H28N4OS. The summed E-state index contributed by atoms with van der Waals surface area (Å²) in [6, 6.07) is 0. The number of aliphatic imine (C=N–C) groups is 1. The largest absolute Gasteiger partial charge is 0.381 e. The number of nitrogens with zero attached hydrogens (tertiary/aromatic N) is 3. The number of hydrogen-bond donors (Lipinski definition) is 1. The maximum absolute atomic E-state index is 5.65. The second kappa shape index (κ2) is 9.10. The molecule has 0 bridgehead atoms. The SMILES string of the molecule is CCNC(=NCCCOCC1CC1)N(C)Cc1csc(C)n1. The lowest BCUT2D eigenvalue weighted by atomic mass is 10.4. The van der Waals surface area contributed by atoms with Crippen LogP contribution in [0.15, 0.2) is 10.4 Å². The lowest BCUT2D eigenvalue weighted by molar-refractivity contribution is 0.123. The van der Waals surface area contributed by atoms with Crippen molar-refractivity contribution in [1.82, 2.24) is 15.2 Å². The molecule has 0 aromatic carbocycles. The minimum absolute atomic E-state index is 0.786. The summed E-state index contributed by atoms with van der Waals surface area (Å²) in [4.78, 5) is 11.3. The highest BCUT2D eigenvalue weighted by molar-refractivity contribution is 7.09. The van der Waals surface area contributed by atoms with Gasteiger partial charge in [-0.3, -0.25) is 4.99 Å². The number of nitrogens with one attached hydrogen (secondary N) is 1. The molecule has 1 aliphatic rings. The molecule has 0 aliphatic heterocycles. The predicted octanol–water partition coefficient (Wildman–Crippen LogP) is 2.67. The molecule has 0 unspecified atom stereocenters. The van der Waals surface area contributed by atoms with Gasteiger partial charge in [0.15, 0.2) is 5.96 Å². The van der Waals surface area contributed by atoms with Gasteiger partial charge < -0.3 is 15.0 Å². The third-order valence-electron chi connectivity index (χ3n) is 3.52. The van der Waals surface area contributed by atoms with Crippen LogP contribution in [0.3, 0.4) is 0 Å². The summed E-state index contributed by atoms with van der Waals surface area (Å²) < 4.78 is 5.65. The van der Waals surface area contributed by atoms with Gasteiger partial charge in [-0.25, -0.2) is 4.98 Å². The zero-order valence-corrected chi connectivity index (χ0v) is 14.8. The summed E-state index contributed by atoms with van der Waals surface area (Å²) >= 11 is 1.69. The summed E-state index contributed by atoms with van der Waals surface area (Å²) in [6.45, 7) is 8.34. The monoisotopic (exact) mass is 324 g/mol. The fraction of sp³-hybridized carbons (Fsp3) is 0.750. The van der Waals surface area contributed by atoms with Gasteiger partial charge in [0.05, 0.1) is 17.2 Å². The van der Waals surface area contributed by atoms with Crippen LogP contribution in [0.5, 0.6) is 0 Å². The van der Waals surface area contributed by atoms with E-state index in [0.717, 1.165) is 61.8 Å². The van der Waals surface area contributed by atoms with Crippen molar-refractivity contribution in [3.8, 4) is 0 Å². The van der Waals surface area contributed by atoms with Crippen molar-refractivity contribution in [3.05, 3.63) is 16.1 Å². The van der Waals surface area contributed by atoms with Crippen molar-refractivity contribution in [2.75, 3.05) is 33.4 Å². The fourth-order valence-corrected chi connectivity index (χ4v) is 2.76. The van der Waals surface area contributed by atoms with Crippen LogP contribution < -0.4 is 5.32 Å². The van der Waals surface area contributed by atoms with E-state index in [2.05, 4.69) is 39.5 Å². The third kappa shape index (κ3) is 6.32. The maximum atomic E-state index is 5.65. The first-order valence-corrected chi connectivity index (χ1v) is 9.05. The van der Waals surface area contributed by atoms with Crippen LogP contribution in [-0.2, 0) is 11.3 Å². The van der Waals surface area contributed by atoms with E-state index >= 15 is 0 Å². The van der Waals surface area contributed by atoms with Crippen molar-refractivity contribution in [3.63, 3.8) is 0 Å². The van der Waals surface area contributed by atoms with Crippen LogP contribution in [-0.4, -0.2) is 49.2 Å². The Morgan fingerprint density at radius 1 is 1.55 bits per heavy atom. The summed E-state index contributed by atoms with van der Waals surface area (Å²) in [5, 5.41) is 6.56. The Bertz CT molecular complexity index is 470. The van der Waals surface area contributed by atoms with Crippen LogP contribution in [0.4, 0.5) is 0 Å². The molecule has 6 heteroatoms. The quantitative estimate of drug-likeness (QED) is 0.431. The predicted molar refractivity (Wildman–Crippen MR) is 92.5 cm³/mol. The number of thiazole rings is 1. The van der Waals surface area contributed by atoms with Crippen molar-refractivity contribution >= 4 is 17.3 Å². The van der Waals surface area contributed by atoms with Crippen LogP contribution >= 0.6 is 11.3 Å². The Kier molecular flexibility index (Phi) is 7.12. The molecule has 1 heterocycles. The van der Waals surface area contributed by atoms with Gasteiger partial charge in [0, 0.05) is 38.7 Å². The van der Waals surface area contributed by atoms with Gasteiger partial charge in [0.2, 0.25) is 0 Å². The Morgan fingerprint density at radius 2 is 2.36 bits per heavy atom. The first-order valence-electron chi connectivity index (χ1n) is 8.17. The first-order chi connectivity index (χ1) is 10.7. The number of aryl methyl sites for hydroxylation is 1. The van der Waals surface area contributed by atoms with Gasteiger partial charge in [0.1, 0.15) is 0 Å². The Labute approximate surface area is 137 Å². The minimum atomic E-state index is 0.786. The first kappa shape index (κ1) is 17.2. The number of rotatable bonds is 9. The molecule has 1 aromatic heterocycles. The van der Waals surface area contributed by atoms with E-state index in [-0.39, 0.29) is 0 Å². The van der Waals surface area contributed by atoms with Crippen molar-refractivity contribution in [2.45, 2.75) is 39.7 Å². The molecule has 0 spiro atoms. The van der Waals surface area contributed by atoms with E-state index in [4.69, 9.17) is 4.74 Å². The van der Waals surface area contributed by atoms with Gasteiger partial charge in [0.25, 0.3) is 0 Å². The number of ether oxygens (including phenoxy) is 1. The molecular weight excluding hydrogens is 296 g/mol. The molecule has 1 saturated carbocycles. The molecule has 124 valence electrons. The number of guanidine groups is 1. The topological polar surface area (TPSA) is 49.8 Å². The molecule has 0 atom stereocenters. The fourth-order valence-electron chi connectivity index (χ4n) is 2.15. The summed E-state index contributed by atoms with van der Waals surface area (Å²) in [5.41, 5.74) is 1.10. The highest BCUT2D eigenvalue weighted by atomic mass is 32.1. The third-order valence-corrected chi connectivity index (χ3v) is 4.34. The van der Waals surface area contributed by atoms with Gasteiger partial charge in [-0.15, -0.1) is 11.3 Å². The van der Waals surface area contributed by atoms with Gasteiger partial charge >= 0.3 is 0 Å². The molecule has 1 N–H and O–H groups in total. The molecule has 1 aliphatic carbocycles. The minimum Gasteiger partial charge on any atom is -0.381 e. The second-order valence-electron chi connectivity index (χ2n) is 5.82. The number of hydrogen-bond acceptors (Lipinski definition) is 4. The molecule has 5 nitrogen and oxygen atoms in total. The lowest BCUT2D eigenvalue weighted by Gasteiger charge is -2.21. The molecule has 1 fully saturated rings. The van der Waals surface area contributed by atoms with Gasteiger partial charge in [-0.05, 0) is 39.0 Å². The molecule has 0 radical (unpaired) electrons. The van der Waals surface area contributed by atoms with Crippen LogP contribution in [0, 0.1) is 12.8 Å². The lowest BCUT2D eigenvalue weighted by Crippen LogP contribution is -2.38. The van der Waals surface area contributed by atoms with Crippen LogP contribution in [0.2, 0.25) is 0 Å². The molecule has 2 rings (SSSR count). The average molecular weight is 324 g/mol. The summed E-state index contributed by atoms with van der Waals surface area (Å²) in [5.74, 6) is 1.78. The summed E-state index contributed by atoms with van der Waals surface area (Å²) in [6.07, 6.45) is 3.68. The summed E-state index contributed by atoms with van der Waals surface area (Å²) in [7, 11) is 2.06. The van der Waals surface area contributed by atoms with Crippen molar-refractivity contribution in [1.29, 1.82) is 0 Å². The van der Waals surface area contributed by atoms with Crippen molar-refractivity contribution < 1.29 is 4.74 Å². The molecule has 0 amide bonds. The molecule has 22 heavy (non-hydrogen) atoms. The van der Waals surface area contributed by atoms with E-state index in [9.17, 15) is 0 Å². The second-order valence-corrected chi connectivity index (χ2v) is 6.88. The van der Waals surface area contributed by atoms with Gasteiger partial charge in [-0.1, -0.05) is 0 Å². The smallest absolute Gasteiger partial charge is 0.194 e. The van der Waals surface area contributed by atoms with Crippen molar-refractivity contribution in [2.24, 2.45) is 10.9 Å². The van der Waals surface area contributed by atoms with E-state index in [0.29, 0.717) is 0 Å². The van der Waals surface area contributed by atoms with Crippen LogP contribution in [0.1, 0.15) is 36.9 Å². The average Bonchev–Trinajstić information content (AvgIpc) is 3.23. The normalized spacial score (nSPS) is 15.1.